The van der Waals surface area contributed by atoms with Gasteiger partial charge in [-0.05, 0) is 19.4 Å². The van der Waals surface area contributed by atoms with Gasteiger partial charge in [-0.15, -0.1) is 0 Å². The van der Waals surface area contributed by atoms with Crippen LogP contribution in [-0.2, 0) is 26.1 Å². The smallest absolute Gasteiger partial charge is 0.352 e. The first kappa shape index (κ1) is 15.5. The number of nitrogens with zero attached hydrogens (tertiary/aromatic N) is 1. The molecule has 2 N–H and O–H groups in total. The molecule has 1 aromatic carbocycles. The van der Waals surface area contributed by atoms with E-state index in [2.05, 4.69) is 4.74 Å². The quantitative estimate of drug-likeness (QED) is 0.840. The van der Waals surface area contributed by atoms with Crippen LogP contribution in [0.3, 0.4) is 0 Å². The molecule has 0 unspecified atom stereocenters. The van der Waals surface area contributed by atoms with E-state index in [1.54, 1.807) is 13.8 Å². The van der Waals surface area contributed by atoms with E-state index < -0.39 is 26.4 Å². The van der Waals surface area contributed by atoms with Crippen molar-refractivity contribution < 1.29 is 17.9 Å². The van der Waals surface area contributed by atoms with Crippen molar-refractivity contribution in [2.75, 3.05) is 7.11 Å². The van der Waals surface area contributed by atoms with Crippen molar-refractivity contribution in [2.24, 2.45) is 5.73 Å². The number of hydrogen-bond acceptors (Lipinski definition) is 5. The fourth-order valence-corrected chi connectivity index (χ4v) is 4.36. The number of ether oxygens (including phenoxy) is 1. The van der Waals surface area contributed by atoms with E-state index in [0.717, 1.165) is 12.7 Å². The van der Waals surface area contributed by atoms with E-state index in [1.165, 1.54) is 4.31 Å². The average molecular weight is 310 g/mol. The lowest BCUT2D eigenvalue weighted by molar-refractivity contribution is -0.135. The molecule has 0 bridgehead atoms. The molecule has 0 aromatic heterocycles. The molecule has 0 fully saturated rings. The minimum atomic E-state index is -3.98. The number of esters is 1. The van der Waals surface area contributed by atoms with Crippen LogP contribution in [-0.4, -0.2) is 31.3 Å². The highest BCUT2D eigenvalue weighted by molar-refractivity contribution is 7.94. The Morgan fingerprint density at radius 2 is 1.86 bits per heavy atom. The van der Waals surface area contributed by atoms with E-state index in [1.807, 2.05) is 30.3 Å². The normalized spacial score (nSPS) is 20.5. The van der Waals surface area contributed by atoms with Crippen molar-refractivity contribution in [3.63, 3.8) is 0 Å². The molecule has 1 aromatic rings. The number of sulfonamides is 1. The molecule has 0 radical (unpaired) electrons. The third-order valence-corrected chi connectivity index (χ3v) is 5.68. The van der Waals surface area contributed by atoms with E-state index >= 15 is 0 Å². The van der Waals surface area contributed by atoms with E-state index in [-0.39, 0.29) is 12.2 Å². The summed E-state index contributed by atoms with van der Waals surface area (Å²) in [5, 5.41) is 0. The second-order valence-corrected chi connectivity index (χ2v) is 7.09. The van der Waals surface area contributed by atoms with E-state index in [9.17, 15) is 13.2 Å². The van der Waals surface area contributed by atoms with Crippen molar-refractivity contribution >= 4 is 16.0 Å². The number of hydrogen-bond donors (Lipinski definition) is 1. The lowest BCUT2D eigenvalue weighted by atomic mass is 10.00. The number of carbonyl (C=O) groups excluding carboxylic acids is 1. The van der Waals surface area contributed by atoms with Gasteiger partial charge in [0.2, 0.25) is 0 Å². The van der Waals surface area contributed by atoms with Gasteiger partial charge < -0.3 is 10.5 Å². The van der Waals surface area contributed by atoms with Gasteiger partial charge >= 0.3 is 5.97 Å². The Bertz CT molecular complexity index is 693. The molecule has 114 valence electrons. The molecule has 0 saturated heterocycles. The summed E-state index contributed by atoms with van der Waals surface area (Å²) >= 11 is 0. The maximum Gasteiger partial charge on any atom is 0.352 e. The molecule has 1 aliphatic rings. The summed E-state index contributed by atoms with van der Waals surface area (Å²) in [5.74, 6) is -0.934. The number of rotatable bonds is 3. The van der Waals surface area contributed by atoms with Gasteiger partial charge in [0.15, 0.2) is 4.91 Å². The summed E-state index contributed by atoms with van der Waals surface area (Å²) in [5.41, 5.74) is 5.74. The van der Waals surface area contributed by atoms with Crippen LogP contribution in [0.15, 0.2) is 40.9 Å². The van der Waals surface area contributed by atoms with Gasteiger partial charge in [0, 0.05) is 6.54 Å². The molecule has 0 spiro atoms. The van der Waals surface area contributed by atoms with Crippen molar-refractivity contribution in [2.45, 2.75) is 25.9 Å². The molecule has 0 amide bonds. The van der Waals surface area contributed by atoms with Crippen molar-refractivity contribution in [3.05, 3.63) is 46.5 Å². The summed E-state index contributed by atoms with van der Waals surface area (Å²) in [6.45, 7) is 3.47. The highest BCUT2D eigenvalue weighted by Gasteiger charge is 2.52. The standard InChI is InChI=1S/C14H18N2O4S/c1-14(2)12(15)11(13(17)20-3)21(18,19)16(14)9-10-7-5-4-6-8-10/h4-8H,9,15H2,1-3H3. The second-order valence-electron chi connectivity index (χ2n) is 5.29. The average Bonchev–Trinajstić information content (AvgIpc) is 2.57. The van der Waals surface area contributed by atoms with Crippen molar-refractivity contribution in [1.29, 1.82) is 0 Å². The first-order valence-electron chi connectivity index (χ1n) is 6.38. The molecular formula is C14H18N2O4S. The molecule has 1 aliphatic heterocycles. The van der Waals surface area contributed by atoms with Gasteiger partial charge in [0.05, 0.1) is 18.3 Å². The van der Waals surface area contributed by atoms with Crippen molar-refractivity contribution in [3.8, 4) is 0 Å². The van der Waals surface area contributed by atoms with E-state index in [4.69, 9.17) is 5.73 Å². The molecule has 0 atom stereocenters. The van der Waals surface area contributed by atoms with Gasteiger partial charge in [-0.2, -0.15) is 4.31 Å². The van der Waals surface area contributed by atoms with Crippen LogP contribution in [0.1, 0.15) is 19.4 Å². The Morgan fingerprint density at radius 3 is 2.38 bits per heavy atom. The Morgan fingerprint density at radius 1 is 1.29 bits per heavy atom. The number of benzene rings is 1. The summed E-state index contributed by atoms with van der Waals surface area (Å²) in [7, 11) is -2.85. The fourth-order valence-electron chi connectivity index (χ4n) is 2.30. The predicted molar refractivity (Wildman–Crippen MR) is 78.2 cm³/mol. The Kier molecular flexibility index (Phi) is 3.81. The minimum absolute atomic E-state index is 0.00489. The van der Waals surface area contributed by atoms with Crippen LogP contribution in [0, 0.1) is 0 Å². The second kappa shape index (κ2) is 5.16. The zero-order chi connectivity index (χ0) is 15.8. The van der Waals surface area contributed by atoms with Crippen LogP contribution in [0.5, 0.6) is 0 Å². The van der Waals surface area contributed by atoms with Gasteiger partial charge in [0.25, 0.3) is 10.0 Å². The highest BCUT2D eigenvalue weighted by atomic mass is 32.2. The third kappa shape index (κ3) is 2.43. The molecule has 6 nitrogen and oxygen atoms in total. The van der Waals surface area contributed by atoms with Gasteiger partial charge in [-0.1, -0.05) is 30.3 Å². The molecule has 0 aliphatic carbocycles. The topological polar surface area (TPSA) is 89.7 Å². The summed E-state index contributed by atoms with van der Waals surface area (Å²) < 4.78 is 31.0. The zero-order valence-electron chi connectivity index (χ0n) is 12.2. The molecular weight excluding hydrogens is 292 g/mol. The number of methoxy groups -OCH3 is 1. The fraction of sp³-hybridized carbons (Fsp3) is 0.357. The monoisotopic (exact) mass is 310 g/mol. The summed E-state index contributed by atoms with van der Waals surface area (Å²) in [6, 6.07) is 9.13. The third-order valence-electron chi connectivity index (χ3n) is 3.62. The minimum Gasteiger partial charge on any atom is -0.465 e. The summed E-state index contributed by atoms with van der Waals surface area (Å²) in [6.07, 6.45) is 0. The highest BCUT2D eigenvalue weighted by Crippen LogP contribution is 2.39. The van der Waals surface area contributed by atoms with Gasteiger partial charge in [-0.3, -0.25) is 0 Å². The molecule has 7 heteroatoms. The maximum atomic E-state index is 12.6. The van der Waals surface area contributed by atoms with Crippen LogP contribution in [0.4, 0.5) is 0 Å². The Labute approximate surface area is 124 Å². The SMILES string of the molecule is COC(=O)C1=C(N)C(C)(C)N(Cc2ccccc2)S1(=O)=O. The largest absolute Gasteiger partial charge is 0.465 e. The number of nitrogens with two attached hydrogens (primary N) is 1. The molecule has 2 rings (SSSR count). The van der Waals surface area contributed by atoms with Crippen LogP contribution >= 0.6 is 0 Å². The first-order chi connectivity index (χ1) is 9.72. The van der Waals surface area contributed by atoms with Crippen molar-refractivity contribution in [1.82, 2.24) is 4.31 Å². The van der Waals surface area contributed by atoms with Crippen LogP contribution < -0.4 is 5.73 Å². The lowest BCUT2D eigenvalue weighted by Gasteiger charge is -2.30. The first-order valence-corrected chi connectivity index (χ1v) is 7.82. The number of carbonyl (C=O) groups is 1. The van der Waals surface area contributed by atoms with Gasteiger partial charge in [0.1, 0.15) is 0 Å². The van der Waals surface area contributed by atoms with Crippen LogP contribution in [0.2, 0.25) is 0 Å². The Balaban J connectivity index is 2.48. The predicted octanol–water partition coefficient (Wildman–Crippen LogP) is 0.954. The molecule has 21 heavy (non-hydrogen) atoms. The summed E-state index contributed by atoms with van der Waals surface area (Å²) in [4.78, 5) is 11.3. The van der Waals surface area contributed by atoms with E-state index in [0.29, 0.717) is 0 Å². The zero-order valence-corrected chi connectivity index (χ0v) is 13.0. The maximum absolute atomic E-state index is 12.6. The Hall–Kier alpha value is -1.86. The molecule has 1 heterocycles. The van der Waals surface area contributed by atoms with Gasteiger partial charge in [-0.25, -0.2) is 13.2 Å². The molecule has 0 saturated carbocycles. The van der Waals surface area contributed by atoms with Crippen LogP contribution in [0.25, 0.3) is 0 Å². The lowest BCUT2D eigenvalue weighted by Crippen LogP contribution is -2.44.